The van der Waals surface area contributed by atoms with E-state index in [4.69, 9.17) is 9.47 Å². The van der Waals surface area contributed by atoms with Gasteiger partial charge in [-0.3, -0.25) is 0 Å². The summed E-state index contributed by atoms with van der Waals surface area (Å²) < 4.78 is 10.7. The third kappa shape index (κ3) is 3.24. The van der Waals surface area contributed by atoms with Gasteiger partial charge in [0.25, 0.3) is 0 Å². The number of hydrogen-bond donors (Lipinski definition) is 1. The predicted octanol–water partition coefficient (Wildman–Crippen LogP) is 2.77. The Bertz CT molecular complexity index is 377. The maximum Gasteiger partial charge on any atom is 0.123 e. The molecule has 1 saturated carbocycles. The van der Waals surface area contributed by atoms with Crippen LogP contribution in [0, 0.1) is 5.92 Å². The first-order valence-corrected chi connectivity index (χ1v) is 6.64. The van der Waals surface area contributed by atoms with E-state index < -0.39 is 0 Å². The second kappa shape index (κ2) is 6.21. The van der Waals surface area contributed by atoms with E-state index in [0.29, 0.717) is 6.04 Å². The van der Waals surface area contributed by atoms with Gasteiger partial charge in [0.1, 0.15) is 5.75 Å². The van der Waals surface area contributed by atoms with E-state index in [1.807, 2.05) is 12.1 Å². The van der Waals surface area contributed by atoms with Gasteiger partial charge in [-0.2, -0.15) is 0 Å². The summed E-state index contributed by atoms with van der Waals surface area (Å²) in [6.45, 7) is 2.97. The molecule has 1 fully saturated rings. The van der Waals surface area contributed by atoms with Crippen LogP contribution in [0.4, 0.5) is 0 Å². The van der Waals surface area contributed by atoms with Gasteiger partial charge >= 0.3 is 0 Å². The minimum atomic E-state index is 0.280. The smallest absolute Gasteiger partial charge is 0.123 e. The zero-order valence-electron chi connectivity index (χ0n) is 11.5. The normalized spacial score (nSPS) is 18.4. The van der Waals surface area contributed by atoms with Gasteiger partial charge in [-0.15, -0.1) is 0 Å². The number of para-hydroxylation sites is 1. The van der Waals surface area contributed by atoms with Crippen LogP contribution in [0.25, 0.3) is 0 Å². The number of nitrogens with one attached hydrogen (secondary N) is 1. The molecule has 100 valence electrons. The molecule has 0 saturated heterocycles. The summed E-state index contributed by atoms with van der Waals surface area (Å²) in [5.41, 5.74) is 1.21. The molecule has 18 heavy (non-hydrogen) atoms. The van der Waals surface area contributed by atoms with Crippen molar-refractivity contribution in [2.45, 2.75) is 31.8 Å². The molecule has 1 unspecified atom stereocenters. The largest absolute Gasteiger partial charge is 0.496 e. The highest BCUT2D eigenvalue weighted by Crippen LogP contribution is 2.34. The molecule has 1 aliphatic rings. The highest BCUT2D eigenvalue weighted by atomic mass is 16.5. The molecule has 2 atom stereocenters. The molecule has 0 radical (unpaired) electrons. The van der Waals surface area contributed by atoms with E-state index in [9.17, 15) is 0 Å². The molecule has 1 aromatic carbocycles. The van der Waals surface area contributed by atoms with Crippen molar-refractivity contribution in [2.75, 3.05) is 20.8 Å². The highest BCUT2D eigenvalue weighted by Gasteiger charge is 2.32. The zero-order valence-corrected chi connectivity index (χ0v) is 11.5. The fourth-order valence-electron chi connectivity index (χ4n) is 2.43. The lowest BCUT2D eigenvalue weighted by Crippen LogP contribution is -2.37. The molecule has 3 nitrogen and oxygen atoms in total. The molecule has 0 bridgehead atoms. The third-order valence-corrected chi connectivity index (χ3v) is 3.61. The fraction of sp³-hybridized carbons (Fsp3) is 0.600. The number of hydrogen-bond acceptors (Lipinski definition) is 3. The Morgan fingerprint density at radius 1 is 1.28 bits per heavy atom. The average molecular weight is 249 g/mol. The monoisotopic (exact) mass is 249 g/mol. The Labute approximate surface area is 109 Å². The van der Waals surface area contributed by atoms with E-state index >= 15 is 0 Å². The number of ether oxygens (including phenoxy) is 2. The fourth-order valence-corrected chi connectivity index (χ4v) is 2.43. The lowest BCUT2D eigenvalue weighted by atomic mass is 10.0. The summed E-state index contributed by atoms with van der Waals surface area (Å²) in [7, 11) is 3.49. The minimum Gasteiger partial charge on any atom is -0.496 e. The zero-order chi connectivity index (χ0) is 13.0. The van der Waals surface area contributed by atoms with Crippen LogP contribution in [0.2, 0.25) is 0 Å². The average Bonchev–Trinajstić information content (AvgIpc) is 3.22. The van der Waals surface area contributed by atoms with Crippen molar-refractivity contribution in [3.8, 4) is 5.75 Å². The number of rotatable bonds is 7. The molecule has 1 N–H and O–H groups in total. The predicted molar refractivity (Wildman–Crippen MR) is 72.9 cm³/mol. The standard InChI is InChI=1S/C15H23NO2/c1-11(13-6-4-5-7-15(13)18-3)16-14(10-17-2)12-8-9-12/h4-7,11-12,14,16H,8-10H2,1-3H3/t11-,14?/m1/s1. The van der Waals surface area contributed by atoms with Crippen LogP contribution in [0.3, 0.4) is 0 Å². The molecule has 1 aromatic rings. The Kier molecular flexibility index (Phi) is 4.61. The van der Waals surface area contributed by atoms with Gasteiger partial charge in [0, 0.05) is 24.8 Å². The molecule has 3 heteroatoms. The summed E-state index contributed by atoms with van der Waals surface area (Å²) in [5, 5.41) is 3.67. The summed E-state index contributed by atoms with van der Waals surface area (Å²) in [4.78, 5) is 0. The van der Waals surface area contributed by atoms with Crippen LogP contribution in [-0.4, -0.2) is 26.9 Å². The Morgan fingerprint density at radius 2 is 2.00 bits per heavy atom. The van der Waals surface area contributed by atoms with E-state index in [1.54, 1.807) is 14.2 Å². The lowest BCUT2D eigenvalue weighted by molar-refractivity contribution is 0.152. The molecule has 1 aliphatic carbocycles. The summed E-state index contributed by atoms with van der Waals surface area (Å²) in [6, 6.07) is 8.92. The Hall–Kier alpha value is -1.06. The maximum absolute atomic E-state index is 5.41. The molecular weight excluding hydrogens is 226 g/mol. The van der Waals surface area contributed by atoms with Crippen molar-refractivity contribution in [3.63, 3.8) is 0 Å². The summed E-state index contributed by atoms with van der Waals surface area (Å²) in [5.74, 6) is 1.73. The van der Waals surface area contributed by atoms with E-state index in [2.05, 4.69) is 24.4 Å². The van der Waals surface area contributed by atoms with Crippen LogP contribution in [0.5, 0.6) is 5.75 Å². The number of methoxy groups -OCH3 is 2. The topological polar surface area (TPSA) is 30.5 Å². The minimum absolute atomic E-state index is 0.280. The van der Waals surface area contributed by atoms with E-state index in [0.717, 1.165) is 18.3 Å². The van der Waals surface area contributed by atoms with Gasteiger partial charge in [0.2, 0.25) is 0 Å². The van der Waals surface area contributed by atoms with Crippen molar-refractivity contribution in [1.29, 1.82) is 0 Å². The van der Waals surface area contributed by atoms with Gasteiger partial charge < -0.3 is 14.8 Å². The SMILES string of the molecule is COCC(N[C@H](C)c1ccccc1OC)C1CC1. The summed E-state index contributed by atoms with van der Waals surface area (Å²) in [6.07, 6.45) is 2.64. The number of benzene rings is 1. The van der Waals surface area contributed by atoms with Crippen LogP contribution in [0.1, 0.15) is 31.4 Å². The second-order valence-electron chi connectivity index (χ2n) is 5.03. The lowest BCUT2D eigenvalue weighted by Gasteiger charge is -2.24. The van der Waals surface area contributed by atoms with Crippen LogP contribution in [-0.2, 0) is 4.74 Å². The highest BCUT2D eigenvalue weighted by molar-refractivity contribution is 5.35. The van der Waals surface area contributed by atoms with Crippen molar-refractivity contribution in [3.05, 3.63) is 29.8 Å². The maximum atomic E-state index is 5.41. The van der Waals surface area contributed by atoms with E-state index in [1.165, 1.54) is 18.4 Å². The third-order valence-electron chi connectivity index (χ3n) is 3.61. The van der Waals surface area contributed by atoms with Gasteiger partial charge in [0.15, 0.2) is 0 Å². The molecule has 2 rings (SSSR count). The molecule has 0 spiro atoms. The van der Waals surface area contributed by atoms with Crippen LogP contribution >= 0.6 is 0 Å². The van der Waals surface area contributed by atoms with Crippen LogP contribution in [0.15, 0.2) is 24.3 Å². The van der Waals surface area contributed by atoms with Gasteiger partial charge in [-0.05, 0) is 31.7 Å². The van der Waals surface area contributed by atoms with Gasteiger partial charge in [-0.25, -0.2) is 0 Å². The van der Waals surface area contributed by atoms with Crippen molar-refractivity contribution in [2.24, 2.45) is 5.92 Å². The first kappa shape index (κ1) is 13.4. The van der Waals surface area contributed by atoms with Crippen molar-refractivity contribution < 1.29 is 9.47 Å². The van der Waals surface area contributed by atoms with Crippen LogP contribution < -0.4 is 10.1 Å². The van der Waals surface area contributed by atoms with Gasteiger partial charge in [-0.1, -0.05) is 18.2 Å². The summed E-state index contributed by atoms with van der Waals surface area (Å²) >= 11 is 0. The molecule has 0 aromatic heterocycles. The second-order valence-corrected chi connectivity index (χ2v) is 5.03. The Morgan fingerprint density at radius 3 is 2.61 bits per heavy atom. The van der Waals surface area contributed by atoms with Crippen molar-refractivity contribution in [1.82, 2.24) is 5.32 Å². The van der Waals surface area contributed by atoms with Crippen molar-refractivity contribution >= 4 is 0 Å². The molecule has 0 amide bonds. The molecular formula is C15H23NO2. The Balaban J connectivity index is 2.03. The molecule has 0 aliphatic heterocycles. The first-order chi connectivity index (χ1) is 8.76. The van der Waals surface area contributed by atoms with E-state index in [-0.39, 0.29) is 6.04 Å². The van der Waals surface area contributed by atoms with Gasteiger partial charge in [0.05, 0.1) is 13.7 Å². The quantitative estimate of drug-likeness (QED) is 0.806. The first-order valence-electron chi connectivity index (χ1n) is 6.64. The molecule has 0 heterocycles.